The molecule has 1 saturated heterocycles. The van der Waals surface area contributed by atoms with Crippen molar-refractivity contribution in [1.29, 1.82) is 0 Å². The zero-order chi connectivity index (χ0) is 19.1. The van der Waals surface area contributed by atoms with Gasteiger partial charge in [-0.25, -0.2) is 0 Å². The molecule has 5 nitrogen and oxygen atoms in total. The Bertz CT molecular complexity index is 730. The Morgan fingerprint density at radius 3 is 2.19 bits per heavy atom. The van der Waals surface area contributed by atoms with Gasteiger partial charge in [0.05, 0.1) is 14.2 Å². The fourth-order valence-corrected chi connectivity index (χ4v) is 3.36. The van der Waals surface area contributed by atoms with Crippen LogP contribution in [0.1, 0.15) is 30.4 Å². The van der Waals surface area contributed by atoms with Gasteiger partial charge in [0.25, 0.3) is 0 Å². The van der Waals surface area contributed by atoms with Crippen LogP contribution in [0.5, 0.6) is 11.5 Å². The summed E-state index contributed by atoms with van der Waals surface area (Å²) in [4.78, 5) is 14.6. The van der Waals surface area contributed by atoms with Gasteiger partial charge < -0.3 is 19.7 Å². The van der Waals surface area contributed by atoms with E-state index in [4.69, 9.17) is 9.47 Å². The van der Waals surface area contributed by atoms with E-state index in [-0.39, 0.29) is 5.91 Å². The Kier molecular flexibility index (Phi) is 6.58. The van der Waals surface area contributed by atoms with Crippen molar-refractivity contribution in [3.05, 3.63) is 53.6 Å². The molecule has 0 saturated carbocycles. The number of amides is 1. The highest BCUT2D eigenvalue weighted by molar-refractivity contribution is 5.76. The highest BCUT2D eigenvalue weighted by atomic mass is 16.5. The molecule has 1 N–H and O–H groups in total. The Labute approximate surface area is 161 Å². The molecule has 0 unspecified atom stereocenters. The smallest absolute Gasteiger partial charge is 0.220 e. The maximum atomic E-state index is 12.2. The molecule has 0 radical (unpaired) electrons. The third kappa shape index (κ3) is 5.39. The Morgan fingerprint density at radius 2 is 1.59 bits per heavy atom. The molecule has 0 spiro atoms. The zero-order valence-electron chi connectivity index (χ0n) is 16.2. The largest absolute Gasteiger partial charge is 0.497 e. The van der Waals surface area contributed by atoms with E-state index in [1.165, 1.54) is 18.5 Å². The number of methoxy groups -OCH3 is 2. The van der Waals surface area contributed by atoms with E-state index in [1.807, 2.05) is 18.2 Å². The highest BCUT2D eigenvalue weighted by Crippen LogP contribution is 2.23. The predicted molar refractivity (Wildman–Crippen MR) is 108 cm³/mol. The second-order valence-electron chi connectivity index (χ2n) is 6.86. The molecular formula is C22H28N2O3. The maximum Gasteiger partial charge on any atom is 0.220 e. The molecule has 1 aliphatic rings. The third-order valence-electron chi connectivity index (χ3n) is 4.95. The van der Waals surface area contributed by atoms with Crippen LogP contribution in [0.3, 0.4) is 0 Å². The van der Waals surface area contributed by atoms with E-state index >= 15 is 0 Å². The molecule has 1 heterocycles. The topological polar surface area (TPSA) is 50.8 Å². The molecule has 0 aliphatic carbocycles. The molecular weight excluding hydrogens is 340 g/mol. The van der Waals surface area contributed by atoms with Crippen molar-refractivity contribution in [3.63, 3.8) is 0 Å². The van der Waals surface area contributed by atoms with Crippen LogP contribution >= 0.6 is 0 Å². The average Bonchev–Trinajstić information content (AvgIpc) is 3.25. The van der Waals surface area contributed by atoms with Gasteiger partial charge in [-0.2, -0.15) is 0 Å². The number of rotatable bonds is 8. The summed E-state index contributed by atoms with van der Waals surface area (Å²) in [6.45, 7) is 2.84. The first kappa shape index (κ1) is 19.1. The number of aryl methyl sites for hydroxylation is 1. The molecule has 0 bridgehead atoms. The lowest BCUT2D eigenvalue weighted by Gasteiger charge is -2.17. The van der Waals surface area contributed by atoms with E-state index in [2.05, 4.69) is 34.5 Å². The molecule has 3 rings (SSSR count). The van der Waals surface area contributed by atoms with E-state index < -0.39 is 0 Å². The normalized spacial score (nSPS) is 13.5. The van der Waals surface area contributed by atoms with E-state index in [0.29, 0.717) is 19.4 Å². The second kappa shape index (κ2) is 9.31. The number of carbonyl (C=O) groups is 1. The summed E-state index contributed by atoms with van der Waals surface area (Å²) < 4.78 is 10.5. The van der Waals surface area contributed by atoms with Gasteiger partial charge >= 0.3 is 0 Å². The van der Waals surface area contributed by atoms with Gasteiger partial charge in [-0.1, -0.05) is 12.1 Å². The van der Waals surface area contributed by atoms with Gasteiger partial charge in [-0.3, -0.25) is 4.79 Å². The lowest BCUT2D eigenvalue weighted by Crippen LogP contribution is -2.23. The summed E-state index contributed by atoms with van der Waals surface area (Å²) in [6, 6.07) is 14.2. The van der Waals surface area contributed by atoms with Crippen molar-refractivity contribution in [2.45, 2.75) is 32.2 Å². The van der Waals surface area contributed by atoms with Crippen LogP contribution in [0, 0.1) is 0 Å². The van der Waals surface area contributed by atoms with Gasteiger partial charge in [0.15, 0.2) is 0 Å². The van der Waals surface area contributed by atoms with Crippen molar-refractivity contribution in [3.8, 4) is 11.5 Å². The van der Waals surface area contributed by atoms with E-state index in [1.54, 1.807) is 14.2 Å². The molecule has 5 heteroatoms. The summed E-state index contributed by atoms with van der Waals surface area (Å²) in [6.07, 6.45) is 3.63. The maximum absolute atomic E-state index is 12.2. The lowest BCUT2D eigenvalue weighted by molar-refractivity contribution is -0.121. The summed E-state index contributed by atoms with van der Waals surface area (Å²) in [5.41, 5.74) is 3.42. The molecule has 1 aliphatic heterocycles. The van der Waals surface area contributed by atoms with E-state index in [0.717, 1.165) is 35.7 Å². The quantitative estimate of drug-likeness (QED) is 0.774. The first-order valence-corrected chi connectivity index (χ1v) is 9.50. The molecule has 0 aromatic heterocycles. The summed E-state index contributed by atoms with van der Waals surface area (Å²) in [7, 11) is 3.25. The van der Waals surface area contributed by atoms with E-state index in [9.17, 15) is 4.79 Å². The summed E-state index contributed by atoms with van der Waals surface area (Å²) >= 11 is 0. The Morgan fingerprint density at radius 1 is 0.963 bits per heavy atom. The lowest BCUT2D eigenvalue weighted by atomic mass is 10.1. The SMILES string of the molecule is COc1cc(CCC(=O)NCc2ccc(N3CCCC3)cc2)cc(OC)c1. The first-order chi connectivity index (χ1) is 13.2. The van der Waals surface area contributed by atoms with Gasteiger partial charge in [0, 0.05) is 37.8 Å². The molecule has 0 atom stereocenters. The fourth-order valence-electron chi connectivity index (χ4n) is 3.36. The Balaban J connectivity index is 1.47. The van der Waals surface area contributed by atoms with Crippen molar-refractivity contribution < 1.29 is 14.3 Å². The Hall–Kier alpha value is -2.69. The van der Waals surface area contributed by atoms with Crippen LogP contribution in [0.4, 0.5) is 5.69 Å². The van der Waals surface area contributed by atoms with Crippen LogP contribution in [-0.2, 0) is 17.8 Å². The monoisotopic (exact) mass is 368 g/mol. The number of benzene rings is 2. The standard InChI is InChI=1S/C22H28N2O3/c1-26-20-13-18(14-21(15-20)27-2)7-10-22(25)23-16-17-5-8-19(9-6-17)24-11-3-4-12-24/h5-6,8-9,13-15H,3-4,7,10-12,16H2,1-2H3,(H,23,25). The number of anilines is 1. The van der Waals surface area contributed by atoms with Crippen LogP contribution in [0.2, 0.25) is 0 Å². The van der Waals surface area contributed by atoms with Gasteiger partial charge in [0.1, 0.15) is 11.5 Å². The van der Waals surface area contributed by atoms with Crippen LogP contribution in [0.15, 0.2) is 42.5 Å². The summed E-state index contributed by atoms with van der Waals surface area (Å²) in [5, 5.41) is 3.00. The molecule has 2 aromatic carbocycles. The van der Waals surface area contributed by atoms with Crippen LogP contribution in [-0.4, -0.2) is 33.2 Å². The fraction of sp³-hybridized carbons (Fsp3) is 0.409. The molecule has 1 fully saturated rings. The molecule has 144 valence electrons. The van der Waals surface area contributed by atoms with Crippen molar-refractivity contribution >= 4 is 11.6 Å². The molecule has 27 heavy (non-hydrogen) atoms. The number of hydrogen-bond donors (Lipinski definition) is 1. The highest BCUT2D eigenvalue weighted by Gasteiger charge is 2.12. The minimum absolute atomic E-state index is 0.0420. The number of nitrogens with zero attached hydrogens (tertiary/aromatic N) is 1. The zero-order valence-corrected chi connectivity index (χ0v) is 16.2. The van der Waals surface area contributed by atoms with Gasteiger partial charge in [-0.15, -0.1) is 0 Å². The third-order valence-corrected chi connectivity index (χ3v) is 4.95. The number of ether oxygens (including phenoxy) is 2. The molecule has 2 aromatic rings. The average molecular weight is 368 g/mol. The molecule has 1 amide bonds. The van der Waals surface area contributed by atoms with Gasteiger partial charge in [-0.05, 0) is 54.7 Å². The number of hydrogen-bond acceptors (Lipinski definition) is 4. The number of nitrogens with one attached hydrogen (secondary N) is 1. The van der Waals surface area contributed by atoms with Crippen molar-refractivity contribution in [2.24, 2.45) is 0 Å². The minimum Gasteiger partial charge on any atom is -0.497 e. The van der Waals surface area contributed by atoms with Crippen molar-refractivity contribution in [2.75, 3.05) is 32.2 Å². The second-order valence-corrected chi connectivity index (χ2v) is 6.86. The van der Waals surface area contributed by atoms with Crippen molar-refractivity contribution in [1.82, 2.24) is 5.32 Å². The first-order valence-electron chi connectivity index (χ1n) is 9.50. The van der Waals surface area contributed by atoms with Crippen LogP contribution < -0.4 is 19.7 Å². The number of carbonyl (C=O) groups excluding carboxylic acids is 1. The minimum atomic E-state index is 0.0420. The summed E-state index contributed by atoms with van der Waals surface area (Å²) in [5.74, 6) is 1.52. The van der Waals surface area contributed by atoms with Crippen LogP contribution in [0.25, 0.3) is 0 Å². The predicted octanol–water partition coefficient (Wildman–Crippen LogP) is 3.55. The van der Waals surface area contributed by atoms with Gasteiger partial charge in [0.2, 0.25) is 5.91 Å².